The number of nitro benzene ring substituents is 1. The van der Waals surface area contributed by atoms with E-state index in [-0.39, 0.29) is 35.0 Å². The quantitative estimate of drug-likeness (QED) is 0.561. The summed E-state index contributed by atoms with van der Waals surface area (Å²) in [7, 11) is 0. The van der Waals surface area contributed by atoms with E-state index in [1.807, 2.05) is 13.8 Å². The van der Waals surface area contributed by atoms with Crippen LogP contribution < -0.4 is 4.90 Å². The van der Waals surface area contributed by atoms with Crippen LogP contribution in [0.4, 0.5) is 11.4 Å². The van der Waals surface area contributed by atoms with Crippen molar-refractivity contribution in [2.45, 2.75) is 39.2 Å². The van der Waals surface area contributed by atoms with Gasteiger partial charge in [-0.3, -0.25) is 19.7 Å². The normalized spacial score (nSPS) is 19.9. The lowest BCUT2D eigenvalue weighted by molar-refractivity contribution is -0.384. The summed E-state index contributed by atoms with van der Waals surface area (Å²) in [6, 6.07) is 4.48. The minimum Gasteiger partial charge on any atom is -0.339 e. The van der Waals surface area contributed by atoms with Crippen LogP contribution in [0.3, 0.4) is 0 Å². The zero-order chi connectivity index (χ0) is 19.0. The van der Waals surface area contributed by atoms with Crippen LogP contribution in [-0.4, -0.2) is 40.8 Å². The third-order valence-corrected chi connectivity index (χ3v) is 5.29. The fourth-order valence-corrected chi connectivity index (χ4v) is 3.49. The number of halogens is 1. The van der Waals surface area contributed by atoms with Crippen molar-refractivity contribution in [3.05, 3.63) is 33.3 Å². The predicted octanol–water partition coefficient (Wildman–Crippen LogP) is 3.25. The SMILES string of the molecule is CC(C)N1CC(C(=O)N(CC2CC2)c2ccc(Cl)c([N+](=O)[O-])c2)CC1=O. The zero-order valence-corrected chi connectivity index (χ0v) is 15.6. The Balaban J connectivity index is 1.87. The highest BCUT2D eigenvalue weighted by atomic mass is 35.5. The number of likely N-dealkylation sites (tertiary alicyclic amines) is 1. The molecule has 0 bridgehead atoms. The maximum Gasteiger partial charge on any atom is 0.289 e. The van der Waals surface area contributed by atoms with Crippen LogP contribution in [0.5, 0.6) is 0 Å². The van der Waals surface area contributed by atoms with Gasteiger partial charge in [0.15, 0.2) is 0 Å². The van der Waals surface area contributed by atoms with Crippen LogP contribution in [0.15, 0.2) is 18.2 Å². The van der Waals surface area contributed by atoms with E-state index >= 15 is 0 Å². The Bertz CT molecular complexity index is 748. The first-order valence-corrected chi connectivity index (χ1v) is 9.20. The van der Waals surface area contributed by atoms with Crippen LogP contribution in [-0.2, 0) is 9.59 Å². The van der Waals surface area contributed by atoms with Crippen molar-refractivity contribution in [2.75, 3.05) is 18.0 Å². The molecule has 1 unspecified atom stereocenters. The van der Waals surface area contributed by atoms with Gasteiger partial charge in [-0.25, -0.2) is 0 Å². The number of nitrogens with zero attached hydrogens (tertiary/aromatic N) is 3. The van der Waals surface area contributed by atoms with Gasteiger partial charge in [0.2, 0.25) is 11.8 Å². The van der Waals surface area contributed by atoms with Crippen LogP contribution in [0, 0.1) is 22.0 Å². The van der Waals surface area contributed by atoms with E-state index in [0.29, 0.717) is 24.7 Å². The highest BCUT2D eigenvalue weighted by molar-refractivity contribution is 6.32. The largest absolute Gasteiger partial charge is 0.339 e. The maximum atomic E-state index is 13.1. The van der Waals surface area contributed by atoms with Gasteiger partial charge in [0.25, 0.3) is 5.69 Å². The molecule has 2 amide bonds. The molecule has 1 atom stereocenters. The second-order valence-corrected chi connectivity index (χ2v) is 7.73. The second kappa shape index (κ2) is 7.23. The Labute approximate surface area is 157 Å². The van der Waals surface area contributed by atoms with E-state index in [4.69, 9.17) is 11.6 Å². The van der Waals surface area contributed by atoms with Crippen molar-refractivity contribution >= 4 is 34.8 Å². The first-order chi connectivity index (χ1) is 12.3. The van der Waals surface area contributed by atoms with Gasteiger partial charge in [-0.15, -0.1) is 0 Å². The van der Waals surface area contributed by atoms with Gasteiger partial charge in [0.1, 0.15) is 5.02 Å². The number of amides is 2. The fraction of sp³-hybridized carbons (Fsp3) is 0.556. The Hall–Kier alpha value is -2.15. The van der Waals surface area contributed by atoms with Crippen molar-refractivity contribution < 1.29 is 14.5 Å². The molecule has 1 saturated heterocycles. The molecule has 140 valence electrons. The van der Waals surface area contributed by atoms with E-state index in [1.54, 1.807) is 15.9 Å². The van der Waals surface area contributed by atoms with E-state index in [0.717, 1.165) is 12.8 Å². The van der Waals surface area contributed by atoms with E-state index < -0.39 is 10.8 Å². The molecule has 7 nitrogen and oxygen atoms in total. The number of rotatable bonds is 6. The third-order valence-electron chi connectivity index (χ3n) is 4.97. The lowest BCUT2D eigenvalue weighted by atomic mass is 10.1. The van der Waals surface area contributed by atoms with Gasteiger partial charge in [0, 0.05) is 31.6 Å². The molecule has 2 aliphatic rings. The molecule has 0 N–H and O–H groups in total. The van der Waals surface area contributed by atoms with Gasteiger partial charge in [-0.05, 0) is 44.7 Å². The summed E-state index contributed by atoms with van der Waals surface area (Å²) in [5.41, 5.74) is 0.248. The highest BCUT2D eigenvalue weighted by Crippen LogP contribution is 2.36. The Morgan fingerprint density at radius 1 is 1.42 bits per heavy atom. The third kappa shape index (κ3) is 3.82. The molecule has 8 heteroatoms. The summed E-state index contributed by atoms with van der Waals surface area (Å²) in [4.78, 5) is 39.2. The summed E-state index contributed by atoms with van der Waals surface area (Å²) in [6.07, 6.45) is 2.27. The number of carbonyl (C=O) groups excluding carboxylic acids is 2. The fourth-order valence-electron chi connectivity index (χ4n) is 3.31. The van der Waals surface area contributed by atoms with Crippen molar-refractivity contribution in [1.82, 2.24) is 4.90 Å². The highest BCUT2D eigenvalue weighted by Gasteiger charge is 2.39. The van der Waals surface area contributed by atoms with Crippen LogP contribution in [0.1, 0.15) is 33.1 Å². The molecule has 26 heavy (non-hydrogen) atoms. The molecule has 1 aliphatic carbocycles. The summed E-state index contributed by atoms with van der Waals surface area (Å²) in [5, 5.41) is 11.2. The number of anilines is 1. The number of carbonyl (C=O) groups is 2. The minimum atomic E-state index is -0.550. The number of benzene rings is 1. The van der Waals surface area contributed by atoms with E-state index in [1.165, 1.54) is 12.1 Å². The van der Waals surface area contributed by atoms with Gasteiger partial charge in [0.05, 0.1) is 16.5 Å². The van der Waals surface area contributed by atoms with Crippen molar-refractivity contribution in [3.63, 3.8) is 0 Å². The molecule has 1 aromatic rings. The molecule has 1 heterocycles. The Kier molecular flexibility index (Phi) is 5.18. The molecule has 0 aromatic heterocycles. The molecule has 0 spiro atoms. The molecule has 1 aliphatic heterocycles. The van der Waals surface area contributed by atoms with Crippen LogP contribution >= 0.6 is 11.6 Å². The van der Waals surface area contributed by atoms with Crippen molar-refractivity contribution in [2.24, 2.45) is 11.8 Å². The molecule has 1 aromatic carbocycles. The van der Waals surface area contributed by atoms with Gasteiger partial charge < -0.3 is 9.80 Å². The monoisotopic (exact) mass is 379 g/mol. The smallest absolute Gasteiger partial charge is 0.289 e. The molecule has 2 fully saturated rings. The average molecular weight is 380 g/mol. The Morgan fingerprint density at radius 2 is 2.12 bits per heavy atom. The lowest BCUT2D eigenvalue weighted by Gasteiger charge is -2.26. The summed E-state index contributed by atoms with van der Waals surface area (Å²) in [6.45, 7) is 4.76. The summed E-state index contributed by atoms with van der Waals surface area (Å²) >= 11 is 5.90. The van der Waals surface area contributed by atoms with Gasteiger partial charge in [-0.1, -0.05) is 11.6 Å². The Morgan fingerprint density at radius 3 is 2.65 bits per heavy atom. The topological polar surface area (TPSA) is 83.8 Å². The molecule has 0 radical (unpaired) electrons. The number of nitro groups is 1. The lowest BCUT2D eigenvalue weighted by Crippen LogP contribution is -2.39. The molecular formula is C18H22ClN3O4. The van der Waals surface area contributed by atoms with Crippen LogP contribution in [0.2, 0.25) is 5.02 Å². The zero-order valence-electron chi connectivity index (χ0n) is 14.9. The van der Waals surface area contributed by atoms with Crippen molar-refractivity contribution in [1.29, 1.82) is 0 Å². The van der Waals surface area contributed by atoms with E-state index in [9.17, 15) is 19.7 Å². The first-order valence-electron chi connectivity index (χ1n) is 8.82. The standard InChI is InChI=1S/C18H22ClN3O4/c1-11(2)20-10-13(7-17(20)23)18(24)21(9-12-3-4-12)14-5-6-15(19)16(8-14)22(25)26/h5-6,8,11-13H,3-4,7,9-10H2,1-2H3. The average Bonchev–Trinajstić information content (AvgIpc) is 3.31. The number of hydrogen-bond donors (Lipinski definition) is 0. The predicted molar refractivity (Wildman–Crippen MR) is 98.1 cm³/mol. The van der Waals surface area contributed by atoms with Gasteiger partial charge in [-0.2, -0.15) is 0 Å². The minimum absolute atomic E-state index is 0.0215. The summed E-state index contributed by atoms with van der Waals surface area (Å²) < 4.78 is 0. The van der Waals surface area contributed by atoms with Crippen molar-refractivity contribution in [3.8, 4) is 0 Å². The first kappa shape index (κ1) is 18.6. The maximum absolute atomic E-state index is 13.1. The van der Waals surface area contributed by atoms with E-state index in [2.05, 4.69) is 0 Å². The molecule has 1 saturated carbocycles. The molecular weight excluding hydrogens is 358 g/mol. The van der Waals surface area contributed by atoms with Crippen LogP contribution in [0.25, 0.3) is 0 Å². The summed E-state index contributed by atoms with van der Waals surface area (Å²) in [5.74, 6) is -0.179. The number of hydrogen-bond acceptors (Lipinski definition) is 4. The second-order valence-electron chi connectivity index (χ2n) is 7.33. The van der Waals surface area contributed by atoms with Gasteiger partial charge >= 0.3 is 0 Å². The molecule has 3 rings (SSSR count).